The summed E-state index contributed by atoms with van der Waals surface area (Å²) < 4.78 is 7.67. The lowest BCUT2D eigenvalue weighted by atomic mass is 10.4. The number of fused-ring (bicyclic) bond motifs is 1. The van der Waals surface area contributed by atoms with E-state index >= 15 is 0 Å². The third-order valence-corrected chi connectivity index (χ3v) is 2.89. The molecule has 0 aliphatic rings. The Labute approximate surface area is 99.3 Å². The number of pyridine rings is 1. The van der Waals surface area contributed by atoms with Crippen molar-refractivity contribution >= 4 is 21.4 Å². The van der Waals surface area contributed by atoms with Gasteiger partial charge < -0.3 is 9.52 Å². The second-order valence-electron chi connectivity index (χ2n) is 3.32. The van der Waals surface area contributed by atoms with E-state index in [1.54, 1.807) is 28.9 Å². The fraction of sp³-hybridized carbons (Fsp3) is 0. The lowest BCUT2D eigenvalue weighted by Crippen LogP contribution is -1.86. The van der Waals surface area contributed by atoms with Gasteiger partial charge in [0.05, 0.1) is 6.26 Å². The highest BCUT2D eigenvalue weighted by atomic mass is 79.9. The number of furan rings is 1. The maximum atomic E-state index is 9.74. The molecule has 0 radical (unpaired) electrons. The van der Waals surface area contributed by atoms with Crippen molar-refractivity contribution in [3.8, 4) is 17.3 Å². The van der Waals surface area contributed by atoms with Gasteiger partial charge in [-0.25, -0.2) is 4.98 Å². The van der Waals surface area contributed by atoms with E-state index in [1.165, 1.54) is 0 Å². The highest BCUT2D eigenvalue weighted by molar-refractivity contribution is 9.10. The van der Waals surface area contributed by atoms with Crippen molar-refractivity contribution < 1.29 is 9.52 Å². The normalized spacial score (nSPS) is 11.1. The van der Waals surface area contributed by atoms with E-state index < -0.39 is 0 Å². The summed E-state index contributed by atoms with van der Waals surface area (Å²) in [5.74, 6) is 1.49. The summed E-state index contributed by atoms with van der Waals surface area (Å²) in [5.41, 5.74) is 0.633. The second kappa shape index (κ2) is 3.38. The molecule has 80 valence electrons. The Morgan fingerprint density at radius 3 is 2.94 bits per heavy atom. The van der Waals surface area contributed by atoms with Crippen LogP contribution in [0, 0.1) is 0 Å². The summed E-state index contributed by atoms with van der Waals surface area (Å²) in [6.07, 6.45) is 3.41. The molecule has 0 bridgehead atoms. The average Bonchev–Trinajstić information content (AvgIpc) is 2.86. The number of hydrogen-bond donors (Lipinski definition) is 1. The fourth-order valence-electron chi connectivity index (χ4n) is 1.66. The van der Waals surface area contributed by atoms with Crippen LogP contribution in [0.5, 0.6) is 5.75 Å². The molecule has 0 spiro atoms. The molecule has 0 aliphatic heterocycles. The maximum Gasteiger partial charge on any atom is 0.182 e. The predicted octanol–water partition coefficient (Wildman–Crippen LogP) is 3.06. The van der Waals surface area contributed by atoms with Crippen LogP contribution in [0.4, 0.5) is 0 Å². The number of nitrogens with zero attached hydrogens (tertiary/aromatic N) is 2. The van der Waals surface area contributed by atoms with Gasteiger partial charge in [0.15, 0.2) is 11.6 Å². The van der Waals surface area contributed by atoms with E-state index in [1.807, 2.05) is 12.3 Å². The molecule has 1 N–H and O–H groups in total. The monoisotopic (exact) mass is 278 g/mol. The summed E-state index contributed by atoms with van der Waals surface area (Å²) >= 11 is 3.32. The Morgan fingerprint density at radius 2 is 2.19 bits per heavy atom. The minimum atomic E-state index is 0.180. The maximum absolute atomic E-state index is 9.74. The molecule has 3 rings (SSSR count). The summed E-state index contributed by atoms with van der Waals surface area (Å²) in [5, 5.41) is 9.74. The SMILES string of the molecule is Oc1cccn2c(-c3ccco3)nc(Br)c12. The minimum Gasteiger partial charge on any atom is -0.506 e. The second-order valence-corrected chi connectivity index (χ2v) is 4.07. The smallest absolute Gasteiger partial charge is 0.182 e. The van der Waals surface area contributed by atoms with E-state index in [2.05, 4.69) is 20.9 Å². The largest absolute Gasteiger partial charge is 0.506 e. The first-order valence-corrected chi connectivity index (χ1v) is 5.46. The summed E-state index contributed by atoms with van der Waals surface area (Å²) in [4.78, 5) is 4.32. The highest BCUT2D eigenvalue weighted by Crippen LogP contribution is 2.31. The topological polar surface area (TPSA) is 50.7 Å². The van der Waals surface area contributed by atoms with Crippen LogP contribution in [0.25, 0.3) is 17.1 Å². The first-order chi connectivity index (χ1) is 7.77. The summed E-state index contributed by atoms with van der Waals surface area (Å²) in [6.45, 7) is 0. The summed E-state index contributed by atoms with van der Waals surface area (Å²) in [6, 6.07) is 6.99. The number of aromatic nitrogens is 2. The molecule has 0 unspecified atom stereocenters. The molecule has 4 nitrogen and oxygen atoms in total. The Bertz CT molecular complexity index is 643. The molecule has 0 saturated heterocycles. The molecule has 16 heavy (non-hydrogen) atoms. The van der Waals surface area contributed by atoms with Crippen LogP contribution >= 0.6 is 15.9 Å². The molecule has 0 aliphatic carbocycles. The molecule has 3 aromatic heterocycles. The van der Waals surface area contributed by atoms with Gasteiger partial charge in [0, 0.05) is 6.20 Å². The zero-order valence-corrected chi connectivity index (χ0v) is 9.68. The van der Waals surface area contributed by atoms with Crippen molar-refractivity contribution in [1.29, 1.82) is 0 Å². The van der Waals surface area contributed by atoms with E-state index in [9.17, 15) is 5.11 Å². The molecule has 3 heterocycles. The Kier molecular flexibility index (Phi) is 2.00. The van der Waals surface area contributed by atoms with Crippen LogP contribution < -0.4 is 0 Å². The van der Waals surface area contributed by atoms with E-state index in [0.717, 1.165) is 0 Å². The summed E-state index contributed by atoms with van der Waals surface area (Å²) in [7, 11) is 0. The van der Waals surface area contributed by atoms with E-state index in [4.69, 9.17) is 4.42 Å². The average molecular weight is 279 g/mol. The van der Waals surface area contributed by atoms with Crippen LogP contribution in [0.2, 0.25) is 0 Å². The van der Waals surface area contributed by atoms with Gasteiger partial charge in [0.1, 0.15) is 15.9 Å². The van der Waals surface area contributed by atoms with Crippen LogP contribution in [0.15, 0.2) is 45.7 Å². The fourth-order valence-corrected chi connectivity index (χ4v) is 2.22. The quantitative estimate of drug-likeness (QED) is 0.744. The van der Waals surface area contributed by atoms with Crippen LogP contribution in [-0.4, -0.2) is 14.5 Å². The standard InChI is InChI=1S/C11H7BrN2O2/c12-10-9-7(15)3-1-5-14(9)11(13-10)8-4-2-6-16-8/h1-6,15H. The van der Waals surface area contributed by atoms with Gasteiger partial charge in [-0.3, -0.25) is 4.40 Å². The Hall–Kier alpha value is -1.75. The molecule has 0 atom stereocenters. The Morgan fingerprint density at radius 1 is 1.31 bits per heavy atom. The van der Waals surface area contributed by atoms with Gasteiger partial charge in [-0.1, -0.05) is 0 Å². The van der Waals surface area contributed by atoms with Crippen LogP contribution in [0.3, 0.4) is 0 Å². The first-order valence-electron chi connectivity index (χ1n) is 4.67. The molecular weight excluding hydrogens is 272 g/mol. The molecule has 0 saturated carbocycles. The van der Waals surface area contributed by atoms with Crippen molar-refractivity contribution in [2.75, 3.05) is 0 Å². The van der Waals surface area contributed by atoms with Crippen molar-refractivity contribution in [3.05, 3.63) is 41.3 Å². The molecule has 0 fully saturated rings. The predicted molar refractivity (Wildman–Crippen MR) is 62.3 cm³/mol. The number of imidazole rings is 1. The van der Waals surface area contributed by atoms with Crippen molar-refractivity contribution in [2.45, 2.75) is 0 Å². The highest BCUT2D eigenvalue weighted by Gasteiger charge is 2.14. The lowest BCUT2D eigenvalue weighted by molar-refractivity contribution is 0.479. The molecule has 3 aromatic rings. The number of rotatable bonds is 1. The van der Waals surface area contributed by atoms with Gasteiger partial charge in [-0.15, -0.1) is 0 Å². The third-order valence-electron chi connectivity index (χ3n) is 2.34. The van der Waals surface area contributed by atoms with Crippen LogP contribution in [-0.2, 0) is 0 Å². The zero-order chi connectivity index (χ0) is 11.1. The van der Waals surface area contributed by atoms with Crippen molar-refractivity contribution in [3.63, 3.8) is 0 Å². The molecular formula is C11H7BrN2O2. The van der Waals surface area contributed by atoms with Gasteiger partial charge in [-0.05, 0) is 40.2 Å². The number of aromatic hydroxyl groups is 1. The molecule has 0 amide bonds. The van der Waals surface area contributed by atoms with Gasteiger partial charge in [-0.2, -0.15) is 0 Å². The first kappa shape index (κ1) is 9.47. The van der Waals surface area contributed by atoms with Crippen LogP contribution in [0.1, 0.15) is 0 Å². The zero-order valence-electron chi connectivity index (χ0n) is 8.09. The minimum absolute atomic E-state index is 0.180. The molecule has 0 aromatic carbocycles. The number of hydrogen-bond acceptors (Lipinski definition) is 3. The van der Waals surface area contributed by atoms with Crippen molar-refractivity contribution in [2.24, 2.45) is 0 Å². The van der Waals surface area contributed by atoms with Gasteiger partial charge in [0.2, 0.25) is 0 Å². The third kappa shape index (κ3) is 1.25. The van der Waals surface area contributed by atoms with E-state index in [-0.39, 0.29) is 5.75 Å². The van der Waals surface area contributed by atoms with Crippen molar-refractivity contribution in [1.82, 2.24) is 9.38 Å². The van der Waals surface area contributed by atoms with E-state index in [0.29, 0.717) is 21.7 Å². The Balaban J connectivity index is 2.40. The molecule has 5 heteroatoms. The van der Waals surface area contributed by atoms with Gasteiger partial charge >= 0.3 is 0 Å². The van der Waals surface area contributed by atoms with Gasteiger partial charge in [0.25, 0.3) is 0 Å². The lowest BCUT2D eigenvalue weighted by Gasteiger charge is -1.99. The number of halogens is 1.